The Kier molecular flexibility index (Phi) is 6.18. The van der Waals surface area contributed by atoms with E-state index in [9.17, 15) is 4.79 Å². The largest absolute Gasteiger partial charge is 0.298 e. The normalized spacial score (nSPS) is 11.9. The Morgan fingerprint density at radius 1 is 1.33 bits per heavy atom. The summed E-state index contributed by atoms with van der Waals surface area (Å²) >= 11 is 12.0. The molecule has 1 rings (SSSR count). The Bertz CT molecular complexity index is 445. The van der Waals surface area contributed by atoms with Crippen molar-refractivity contribution in [3.63, 3.8) is 0 Å². The molecule has 0 aromatic heterocycles. The highest BCUT2D eigenvalue weighted by molar-refractivity contribution is 6.36. The standard InChI is InChI=1S/C14H15Cl2NO/c1-2-3-4-8-13(18)10(9-17)14-11(15)6-5-7-12(14)16/h5-7,10H,2-4,8H2,1H3. The number of carbonyl (C=O) groups is 1. The molecule has 1 aromatic carbocycles. The lowest BCUT2D eigenvalue weighted by Gasteiger charge is -2.12. The molecule has 4 heteroatoms. The van der Waals surface area contributed by atoms with Crippen LogP contribution in [0, 0.1) is 11.3 Å². The van der Waals surface area contributed by atoms with Crippen LogP contribution in [0.3, 0.4) is 0 Å². The number of nitriles is 1. The number of carbonyl (C=O) groups excluding carboxylic acids is 1. The Morgan fingerprint density at radius 2 is 1.94 bits per heavy atom. The molecule has 0 aliphatic heterocycles. The van der Waals surface area contributed by atoms with Crippen molar-refractivity contribution in [2.24, 2.45) is 0 Å². The number of halogens is 2. The summed E-state index contributed by atoms with van der Waals surface area (Å²) in [5, 5.41) is 9.91. The fourth-order valence-corrected chi connectivity index (χ4v) is 2.39. The van der Waals surface area contributed by atoms with E-state index in [1.165, 1.54) is 0 Å². The molecule has 18 heavy (non-hydrogen) atoms. The minimum atomic E-state index is -0.858. The monoisotopic (exact) mass is 283 g/mol. The molecule has 0 N–H and O–H groups in total. The number of hydrogen-bond donors (Lipinski definition) is 0. The Hall–Kier alpha value is -1.04. The van der Waals surface area contributed by atoms with Crippen LogP contribution in [-0.4, -0.2) is 5.78 Å². The second kappa shape index (κ2) is 7.41. The fourth-order valence-electron chi connectivity index (χ4n) is 1.78. The smallest absolute Gasteiger partial charge is 0.154 e. The molecule has 0 amide bonds. The lowest BCUT2D eigenvalue weighted by molar-refractivity contribution is -0.119. The second-order valence-corrected chi connectivity index (χ2v) is 4.94. The average Bonchev–Trinajstić information content (AvgIpc) is 2.34. The molecule has 1 atom stereocenters. The zero-order chi connectivity index (χ0) is 13.5. The van der Waals surface area contributed by atoms with Crippen LogP contribution in [0.2, 0.25) is 10.0 Å². The highest BCUT2D eigenvalue weighted by atomic mass is 35.5. The van der Waals surface area contributed by atoms with Crippen LogP contribution < -0.4 is 0 Å². The van der Waals surface area contributed by atoms with Gasteiger partial charge in [-0.15, -0.1) is 0 Å². The van der Waals surface area contributed by atoms with E-state index < -0.39 is 5.92 Å². The minimum absolute atomic E-state index is 0.110. The van der Waals surface area contributed by atoms with Crippen LogP contribution in [0.15, 0.2) is 18.2 Å². The van der Waals surface area contributed by atoms with Crippen LogP contribution in [0.25, 0.3) is 0 Å². The van der Waals surface area contributed by atoms with Gasteiger partial charge in [0.25, 0.3) is 0 Å². The van der Waals surface area contributed by atoms with Crippen molar-refractivity contribution in [1.82, 2.24) is 0 Å². The quantitative estimate of drug-likeness (QED) is 0.707. The van der Waals surface area contributed by atoms with Gasteiger partial charge in [-0.1, -0.05) is 49.0 Å². The van der Waals surface area contributed by atoms with Gasteiger partial charge in [-0.2, -0.15) is 5.26 Å². The molecule has 0 heterocycles. The molecule has 0 bridgehead atoms. The van der Waals surface area contributed by atoms with Crippen molar-refractivity contribution < 1.29 is 4.79 Å². The minimum Gasteiger partial charge on any atom is -0.298 e. The molecule has 0 spiro atoms. The number of nitrogens with zero attached hydrogens (tertiary/aromatic N) is 1. The summed E-state index contributed by atoms with van der Waals surface area (Å²) in [6.07, 6.45) is 3.22. The van der Waals surface area contributed by atoms with Crippen LogP contribution in [-0.2, 0) is 4.79 Å². The Balaban J connectivity index is 2.90. The second-order valence-electron chi connectivity index (χ2n) is 4.12. The zero-order valence-corrected chi connectivity index (χ0v) is 11.8. The number of unbranched alkanes of at least 4 members (excludes halogenated alkanes) is 2. The molecule has 0 saturated carbocycles. The maximum absolute atomic E-state index is 12.0. The topological polar surface area (TPSA) is 40.9 Å². The van der Waals surface area contributed by atoms with Crippen molar-refractivity contribution in [3.8, 4) is 6.07 Å². The molecule has 2 nitrogen and oxygen atoms in total. The predicted octanol–water partition coefficient (Wildman–Crippen LogP) is 4.75. The van der Waals surface area contributed by atoms with Gasteiger partial charge in [0, 0.05) is 22.0 Å². The summed E-state index contributed by atoms with van der Waals surface area (Å²) < 4.78 is 0. The van der Waals surface area contributed by atoms with E-state index >= 15 is 0 Å². The lowest BCUT2D eigenvalue weighted by Crippen LogP contribution is -2.11. The van der Waals surface area contributed by atoms with E-state index in [0.29, 0.717) is 22.0 Å². The van der Waals surface area contributed by atoms with Gasteiger partial charge in [0.2, 0.25) is 0 Å². The summed E-state index contributed by atoms with van der Waals surface area (Å²) in [6, 6.07) is 7.00. The molecule has 0 fully saturated rings. The number of Topliss-reactive ketones (excluding diaryl/α,β-unsaturated/α-hetero) is 1. The molecule has 0 radical (unpaired) electrons. The maximum Gasteiger partial charge on any atom is 0.154 e. The number of hydrogen-bond acceptors (Lipinski definition) is 2. The van der Waals surface area contributed by atoms with Crippen molar-refractivity contribution in [1.29, 1.82) is 5.26 Å². The Labute approximate surface area is 118 Å². The van der Waals surface area contributed by atoms with Crippen molar-refractivity contribution >= 4 is 29.0 Å². The summed E-state index contributed by atoms with van der Waals surface area (Å²) in [5.74, 6) is -0.969. The molecule has 0 saturated heterocycles. The van der Waals surface area contributed by atoms with Gasteiger partial charge in [-0.3, -0.25) is 4.79 Å². The van der Waals surface area contributed by atoms with Gasteiger partial charge >= 0.3 is 0 Å². The highest BCUT2D eigenvalue weighted by Crippen LogP contribution is 2.32. The van der Waals surface area contributed by atoms with Crippen LogP contribution in [0.1, 0.15) is 44.1 Å². The number of rotatable bonds is 6. The number of ketones is 1. The van der Waals surface area contributed by atoms with E-state index in [4.69, 9.17) is 28.5 Å². The zero-order valence-electron chi connectivity index (χ0n) is 10.2. The third-order valence-electron chi connectivity index (χ3n) is 2.77. The maximum atomic E-state index is 12.0. The van der Waals surface area contributed by atoms with E-state index in [1.54, 1.807) is 18.2 Å². The summed E-state index contributed by atoms with van der Waals surface area (Å²) in [6.45, 7) is 2.07. The molecule has 1 aromatic rings. The van der Waals surface area contributed by atoms with Crippen LogP contribution in [0.5, 0.6) is 0 Å². The van der Waals surface area contributed by atoms with E-state index in [2.05, 4.69) is 6.92 Å². The summed E-state index contributed by atoms with van der Waals surface area (Å²) in [5.41, 5.74) is 0.435. The summed E-state index contributed by atoms with van der Waals surface area (Å²) in [7, 11) is 0. The first kappa shape index (κ1) is 15.0. The predicted molar refractivity (Wildman–Crippen MR) is 74.0 cm³/mol. The van der Waals surface area contributed by atoms with Gasteiger partial charge < -0.3 is 0 Å². The van der Waals surface area contributed by atoms with E-state index in [-0.39, 0.29) is 5.78 Å². The lowest BCUT2D eigenvalue weighted by atomic mass is 9.93. The first-order chi connectivity index (χ1) is 8.61. The molecule has 1 unspecified atom stereocenters. The molecule has 0 aliphatic rings. The van der Waals surface area contributed by atoms with Gasteiger partial charge in [-0.05, 0) is 18.6 Å². The van der Waals surface area contributed by atoms with Gasteiger partial charge in [0.15, 0.2) is 5.78 Å². The van der Waals surface area contributed by atoms with Gasteiger partial charge in [0.1, 0.15) is 5.92 Å². The van der Waals surface area contributed by atoms with E-state index in [0.717, 1.165) is 19.3 Å². The SMILES string of the molecule is CCCCCC(=O)C(C#N)c1c(Cl)cccc1Cl. The molecular formula is C14H15Cl2NO. The first-order valence-corrected chi connectivity index (χ1v) is 6.73. The Morgan fingerprint density at radius 3 is 2.44 bits per heavy atom. The first-order valence-electron chi connectivity index (χ1n) is 5.98. The van der Waals surface area contributed by atoms with Crippen molar-refractivity contribution in [2.45, 2.75) is 38.5 Å². The van der Waals surface area contributed by atoms with E-state index in [1.807, 2.05) is 6.07 Å². The van der Waals surface area contributed by atoms with Gasteiger partial charge in [-0.25, -0.2) is 0 Å². The fraction of sp³-hybridized carbons (Fsp3) is 0.429. The molecule has 96 valence electrons. The van der Waals surface area contributed by atoms with Crippen LogP contribution >= 0.6 is 23.2 Å². The summed E-state index contributed by atoms with van der Waals surface area (Å²) in [4.78, 5) is 12.0. The highest BCUT2D eigenvalue weighted by Gasteiger charge is 2.24. The van der Waals surface area contributed by atoms with Gasteiger partial charge in [0.05, 0.1) is 6.07 Å². The van der Waals surface area contributed by atoms with Crippen molar-refractivity contribution in [2.75, 3.05) is 0 Å². The molecular weight excluding hydrogens is 269 g/mol. The average molecular weight is 284 g/mol. The molecule has 0 aliphatic carbocycles. The van der Waals surface area contributed by atoms with Crippen molar-refractivity contribution in [3.05, 3.63) is 33.8 Å². The van der Waals surface area contributed by atoms with Crippen LogP contribution in [0.4, 0.5) is 0 Å². The third-order valence-corrected chi connectivity index (χ3v) is 3.43. The third kappa shape index (κ3) is 3.73. The number of benzene rings is 1.